The summed E-state index contributed by atoms with van der Waals surface area (Å²) < 4.78 is 5.71. The molecule has 0 heterocycles. The molecule has 5 nitrogen and oxygen atoms in total. The summed E-state index contributed by atoms with van der Waals surface area (Å²) in [7, 11) is 0. The minimum Gasteiger partial charge on any atom is -0.450 e. The van der Waals surface area contributed by atoms with Gasteiger partial charge < -0.3 is 9.84 Å². The van der Waals surface area contributed by atoms with Gasteiger partial charge in [-0.1, -0.05) is 24.3 Å². The molecule has 0 saturated carbocycles. The lowest BCUT2D eigenvalue weighted by molar-refractivity contribution is -0.385. The molecule has 0 unspecified atom stereocenters. The summed E-state index contributed by atoms with van der Waals surface area (Å²) in [5, 5.41) is 20.1. The number of benzene rings is 2. The SMILES string of the molecule is Cc1cccc(C)c1Oc1ccc(CO)cc1[N+](=O)[O-]. The second kappa shape index (κ2) is 5.71. The molecule has 0 fully saturated rings. The van der Waals surface area contributed by atoms with Crippen LogP contribution in [-0.4, -0.2) is 10.0 Å². The Labute approximate surface area is 116 Å². The summed E-state index contributed by atoms with van der Waals surface area (Å²) in [6.45, 7) is 3.52. The van der Waals surface area contributed by atoms with Gasteiger partial charge >= 0.3 is 5.69 Å². The van der Waals surface area contributed by atoms with Crippen LogP contribution in [0.3, 0.4) is 0 Å². The standard InChI is InChI=1S/C15H15NO4/c1-10-4-3-5-11(2)15(10)20-14-7-6-12(9-17)8-13(14)16(18)19/h3-8,17H,9H2,1-2H3. The third-order valence-electron chi connectivity index (χ3n) is 3.02. The maximum absolute atomic E-state index is 11.1. The topological polar surface area (TPSA) is 72.6 Å². The molecule has 0 amide bonds. The summed E-state index contributed by atoms with van der Waals surface area (Å²) >= 11 is 0. The summed E-state index contributed by atoms with van der Waals surface area (Å²) in [4.78, 5) is 10.6. The van der Waals surface area contributed by atoms with Crippen LogP contribution in [0.1, 0.15) is 16.7 Å². The zero-order valence-electron chi connectivity index (χ0n) is 11.3. The van der Waals surface area contributed by atoms with E-state index in [2.05, 4.69) is 0 Å². The molecule has 5 heteroatoms. The highest BCUT2D eigenvalue weighted by atomic mass is 16.6. The van der Waals surface area contributed by atoms with Crippen molar-refractivity contribution in [3.63, 3.8) is 0 Å². The number of hydrogen-bond acceptors (Lipinski definition) is 4. The van der Waals surface area contributed by atoms with E-state index in [1.54, 1.807) is 6.07 Å². The smallest absolute Gasteiger partial charge is 0.311 e. The van der Waals surface area contributed by atoms with Gasteiger partial charge in [0.05, 0.1) is 11.5 Å². The van der Waals surface area contributed by atoms with E-state index in [1.807, 2.05) is 32.0 Å². The summed E-state index contributed by atoms with van der Waals surface area (Å²) in [5.41, 5.74) is 2.14. The number of aliphatic hydroxyl groups is 1. The lowest BCUT2D eigenvalue weighted by atomic mass is 10.1. The fourth-order valence-electron chi connectivity index (χ4n) is 1.96. The molecule has 0 aliphatic carbocycles. The van der Waals surface area contributed by atoms with Crippen molar-refractivity contribution < 1.29 is 14.8 Å². The van der Waals surface area contributed by atoms with Crippen LogP contribution >= 0.6 is 0 Å². The minimum atomic E-state index is -0.512. The summed E-state index contributed by atoms with van der Waals surface area (Å²) in [6, 6.07) is 10.1. The zero-order valence-corrected chi connectivity index (χ0v) is 11.3. The van der Waals surface area contributed by atoms with Gasteiger partial charge in [-0.05, 0) is 36.6 Å². The molecule has 0 radical (unpaired) electrons. The molecular weight excluding hydrogens is 258 g/mol. The quantitative estimate of drug-likeness (QED) is 0.683. The van der Waals surface area contributed by atoms with Crippen molar-refractivity contribution in [1.82, 2.24) is 0 Å². The largest absolute Gasteiger partial charge is 0.450 e. The molecule has 2 rings (SSSR count). The first-order valence-corrected chi connectivity index (χ1v) is 6.15. The van der Waals surface area contributed by atoms with Gasteiger partial charge in [0.25, 0.3) is 0 Å². The molecule has 0 aliphatic heterocycles. The molecule has 2 aromatic rings. The number of nitrogens with zero attached hydrogens (tertiary/aromatic N) is 1. The Hall–Kier alpha value is -2.40. The molecule has 20 heavy (non-hydrogen) atoms. The van der Waals surface area contributed by atoms with Crippen molar-refractivity contribution in [2.24, 2.45) is 0 Å². The highest BCUT2D eigenvalue weighted by Crippen LogP contribution is 2.35. The van der Waals surface area contributed by atoms with E-state index in [4.69, 9.17) is 9.84 Å². The van der Waals surface area contributed by atoms with E-state index in [0.717, 1.165) is 11.1 Å². The van der Waals surface area contributed by atoms with Crippen LogP contribution in [0.5, 0.6) is 11.5 Å². The van der Waals surface area contributed by atoms with Crippen molar-refractivity contribution >= 4 is 5.69 Å². The Balaban J connectivity index is 2.46. The van der Waals surface area contributed by atoms with E-state index >= 15 is 0 Å². The highest BCUT2D eigenvalue weighted by molar-refractivity contribution is 5.52. The van der Waals surface area contributed by atoms with Crippen LogP contribution in [-0.2, 0) is 6.61 Å². The van der Waals surface area contributed by atoms with E-state index in [1.165, 1.54) is 12.1 Å². The van der Waals surface area contributed by atoms with Gasteiger partial charge in [0.15, 0.2) is 0 Å². The molecule has 0 spiro atoms. The Morgan fingerprint density at radius 1 is 1.20 bits per heavy atom. The van der Waals surface area contributed by atoms with Crippen molar-refractivity contribution in [2.45, 2.75) is 20.5 Å². The Kier molecular flexibility index (Phi) is 4.00. The number of aliphatic hydroxyl groups excluding tert-OH is 1. The van der Waals surface area contributed by atoms with Gasteiger partial charge in [0, 0.05) is 6.07 Å². The first-order chi connectivity index (χ1) is 9.52. The average molecular weight is 273 g/mol. The van der Waals surface area contributed by atoms with E-state index in [9.17, 15) is 10.1 Å². The summed E-state index contributed by atoms with van der Waals surface area (Å²) in [5.74, 6) is 0.789. The molecule has 1 N–H and O–H groups in total. The number of para-hydroxylation sites is 1. The zero-order chi connectivity index (χ0) is 14.7. The third kappa shape index (κ3) is 2.78. The van der Waals surface area contributed by atoms with Gasteiger partial charge in [-0.25, -0.2) is 0 Å². The Bertz CT molecular complexity index is 632. The van der Waals surface area contributed by atoms with Crippen molar-refractivity contribution in [3.8, 4) is 11.5 Å². The maximum atomic E-state index is 11.1. The molecule has 0 bridgehead atoms. The second-order valence-electron chi connectivity index (χ2n) is 4.54. The number of aryl methyl sites for hydroxylation is 2. The Morgan fingerprint density at radius 2 is 1.85 bits per heavy atom. The predicted molar refractivity (Wildman–Crippen MR) is 75.0 cm³/mol. The lowest BCUT2D eigenvalue weighted by Crippen LogP contribution is -1.97. The normalized spacial score (nSPS) is 10.3. The summed E-state index contributed by atoms with van der Waals surface area (Å²) in [6.07, 6.45) is 0. The predicted octanol–water partition coefficient (Wildman–Crippen LogP) is 3.50. The number of nitro benzene ring substituents is 1. The first kappa shape index (κ1) is 14.0. The third-order valence-corrected chi connectivity index (χ3v) is 3.02. The first-order valence-electron chi connectivity index (χ1n) is 6.15. The van der Waals surface area contributed by atoms with Crippen LogP contribution in [0.4, 0.5) is 5.69 Å². The molecular formula is C15H15NO4. The fraction of sp³-hybridized carbons (Fsp3) is 0.200. The molecule has 0 aromatic heterocycles. The van der Waals surface area contributed by atoms with Gasteiger partial charge in [0.2, 0.25) is 5.75 Å². The van der Waals surface area contributed by atoms with E-state index < -0.39 is 4.92 Å². The average Bonchev–Trinajstić information content (AvgIpc) is 2.43. The number of nitro groups is 1. The Morgan fingerprint density at radius 3 is 2.40 bits per heavy atom. The number of ether oxygens (including phenoxy) is 1. The molecule has 0 aliphatic rings. The van der Waals surface area contributed by atoms with Crippen molar-refractivity contribution in [2.75, 3.05) is 0 Å². The van der Waals surface area contributed by atoms with Gasteiger partial charge in [-0.2, -0.15) is 0 Å². The van der Waals surface area contributed by atoms with Crippen LogP contribution in [0.15, 0.2) is 36.4 Å². The molecule has 104 valence electrons. The van der Waals surface area contributed by atoms with Gasteiger partial charge in [-0.15, -0.1) is 0 Å². The minimum absolute atomic E-state index is 0.154. The van der Waals surface area contributed by atoms with Gasteiger partial charge in [0.1, 0.15) is 5.75 Å². The fourth-order valence-corrected chi connectivity index (χ4v) is 1.96. The number of hydrogen-bond donors (Lipinski definition) is 1. The van der Waals surface area contributed by atoms with Crippen LogP contribution in [0.25, 0.3) is 0 Å². The maximum Gasteiger partial charge on any atom is 0.311 e. The van der Waals surface area contributed by atoms with E-state index in [0.29, 0.717) is 11.3 Å². The van der Waals surface area contributed by atoms with Crippen LogP contribution < -0.4 is 4.74 Å². The molecule has 0 atom stereocenters. The molecule has 0 saturated heterocycles. The van der Waals surface area contributed by atoms with Gasteiger partial charge in [-0.3, -0.25) is 10.1 Å². The van der Waals surface area contributed by atoms with Crippen molar-refractivity contribution in [1.29, 1.82) is 0 Å². The van der Waals surface area contributed by atoms with Crippen LogP contribution in [0.2, 0.25) is 0 Å². The second-order valence-corrected chi connectivity index (χ2v) is 4.54. The van der Waals surface area contributed by atoms with Crippen molar-refractivity contribution in [3.05, 3.63) is 63.2 Å². The number of rotatable bonds is 4. The lowest BCUT2D eigenvalue weighted by Gasteiger charge is -2.12. The monoisotopic (exact) mass is 273 g/mol. The van der Waals surface area contributed by atoms with E-state index in [-0.39, 0.29) is 18.0 Å². The molecule has 2 aromatic carbocycles. The highest BCUT2D eigenvalue weighted by Gasteiger charge is 2.18. The van der Waals surface area contributed by atoms with Crippen LogP contribution in [0, 0.1) is 24.0 Å².